The van der Waals surface area contributed by atoms with Crippen LogP contribution < -0.4 is 5.32 Å². The van der Waals surface area contributed by atoms with E-state index >= 15 is 0 Å². The molecule has 18 heavy (non-hydrogen) atoms. The van der Waals surface area contributed by atoms with E-state index in [2.05, 4.69) is 34.6 Å². The van der Waals surface area contributed by atoms with E-state index < -0.39 is 0 Å². The Hall–Kier alpha value is -1.20. The van der Waals surface area contributed by atoms with Crippen LogP contribution in [0.15, 0.2) is 11.6 Å². The van der Waals surface area contributed by atoms with E-state index in [1.54, 1.807) is 11.3 Å². The Bertz CT molecular complexity index is 515. The monoisotopic (exact) mass is 264 g/mol. The Morgan fingerprint density at radius 3 is 2.72 bits per heavy atom. The van der Waals surface area contributed by atoms with Crippen LogP contribution in [0.25, 0.3) is 0 Å². The van der Waals surface area contributed by atoms with Crippen LogP contribution in [-0.4, -0.2) is 21.3 Å². The summed E-state index contributed by atoms with van der Waals surface area (Å²) in [5.41, 5.74) is 3.59. The third kappa shape index (κ3) is 2.79. The van der Waals surface area contributed by atoms with Crippen molar-refractivity contribution < 1.29 is 0 Å². The van der Waals surface area contributed by atoms with Gasteiger partial charge in [-0.05, 0) is 20.4 Å². The lowest BCUT2D eigenvalue weighted by Crippen LogP contribution is -2.23. The van der Waals surface area contributed by atoms with Gasteiger partial charge in [-0.3, -0.25) is 4.68 Å². The SMILES string of the molecule is CCNC(Cc1nc(C)cs1)c1cnn(C)c1C. The van der Waals surface area contributed by atoms with Crippen molar-refractivity contribution in [3.05, 3.63) is 33.5 Å². The van der Waals surface area contributed by atoms with Crippen molar-refractivity contribution in [2.24, 2.45) is 7.05 Å². The number of nitrogens with zero attached hydrogens (tertiary/aromatic N) is 3. The Kier molecular flexibility index (Phi) is 4.14. The second-order valence-electron chi connectivity index (χ2n) is 4.51. The minimum Gasteiger partial charge on any atom is -0.310 e. The van der Waals surface area contributed by atoms with Gasteiger partial charge in [-0.15, -0.1) is 11.3 Å². The summed E-state index contributed by atoms with van der Waals surface area (Å²) in [6, 6.07) is 0.300. The summed E-state index contributed by atoms with van der Waals surface area (Å²) in [4.78, 5) is 4.55. The lowest BCUT2D eigenvalue weighted by Gasteiger charge is -2.16. The number of rotatable bonds is 5. The van der Waals surface area contributed by atoms with Crippen molar-refractivity contribution >= 4 is 11.3 Å². The first-order valence-electron chi connectivity index (χ1n) is 6.24. The molecular formula is C13H20N4S. The van der Waals surface area contributed by atoms with Crippen molar-refractivity contribution in [3.8, 4) is 0 Å². The molecule has 2 rings (SSSR count). The molecule has 0 radical (unpaired) electrons. The van der Waals surface area contributed by atoms with Gasteiger partial charge in [-0.2, -0.15) is 5.10 Å². The van der Waals surface area contributed by atoms with Gasteiger partial charge in [0.1, 0.15) is 0 Å². The van der Waals surface area contributed by atoms with Crippen molar-refractivity contribution in [1.29, 1.82) is 0 Å². The summed E-state index contributed by atoms with van der Waals surface area (Å²) in [6.45, 7) is 7.23. The highest BCUT2D eigenvalue weighted by Crippen LogP contribution is 2.22. The lowest BCUT2D eigenvalue weighted by atomic mass is 10.1. The standard InChI is InChI=1S/C13H20N4S/c1-5-14-12(6-13-16-9(2)8-18-13)11-7-15-17(4)10(11)3/h7-8,12,14H,5-6H2,1-4H3. The maximum atomic E-state index is 4.55. The topological polar surface area (TPSA) is 42.7 Å². The van der Waals surface area contributed by atoms with Crippen molar-refractivity contribution in [2.75, 3.05) is 6.54 Å². The number of nitrogens with one attached hydrogen (secondary N) is 1. The molecule has 98 valence electrons. The van der Waals surface area contributed by atoms with Crippen LogP contribution in [0.3, 0.4) is 0 Å². The predicted octanol–water partition coefficient (Wildman–Crippen LogP) is 2.39. The molecule has 1 atom stereocenters. The molecular weight excluding hydrogens is 244 g/mol. The maximum Gasteiger partial charge on any atom is 0.0947 e. The predicted molar refractivity (Wildman–Crippen MR) is 74.9 cm³/mol. The fourth-order valence-corrected chi connectivity index (χ4v) is 2.89. The van der Waals surface area contributed by atoms with Gasteiger partial charge < -0.3 is 5.32 Å². The summed E-state index contributed by atoms with van der Waals surface area (Å²) in [7, 11) is 1.98. The molecule has 4 nitrogen and oxygen atoms in total. The second kappa shape index (κ2) is 5.63. The van der Waals surface area contributed by atoms with Crippen LogP contribution in [-0.2, 0) is 13.5 Å². The molecule has 5 heteroatoms. The van der Waals surface area contributed by atoms with Crippen molar-refractivity contribution in [1.82, 2.24) is 20.1 Å². The van der Waals surface area contributed by atoms with Gasteiger partial charge in [0.25, 0.3) is 0 Å². The van der Waals surface area contributed by atoms with Gasteiger partial charge in [0, 0.05) is 41.8 Å². The van der Waals surface area contributed by atoms with Crippen LogP contribution in [0.5, 0.6) is 0 Å². The molecule has 0 amide bonds. The molecule has 0 spiro atoms. The number of aromatic nitrogens is 3. The molecule has 2 aromatic rings. The molecule has 1 N–H and O–H groups in total. The van der Waals surface area contributed by atoms with Gasteiger partial charge in [0.05, 0.1) is 11.2 Å². The van der Waals surface area contributed by atoms with Crippen LogP contribution >= 0.6 is 11.3 Å². The van der Waals surface area contributed by atoms with Gasteiger partial charge in [0.15, 0.2) is 0 Å². The molecule has 0 aliphatic heterocycles. The van der Waals surface area contributed by atoms with E-state index in [4.69, 9.17) is 0 Å². The van der Waals surface area contributed by atoms with Gasteiger partial charge in [-0.1, -0.05) is 6.92 Å². The smallest absolute Gasteiger partial charge is 0.0947 e. The van der Waals surface area contributed by atoms with Gasteiger partial charge in [-0.25, -0.2) is 4.98 Å². The van der Waals surface area contributed by atoms with Crippen LogP contribution in [0, 0.1) is 13.8 Å². The zero-order valence-corrected chi connectivity index (χ0v) is 12.2. The highest BCUT2D eigenvalue weighted by molar-refractivity contribution is 7.09. The highest BCUT2D eigenvalue weighted by atomic mass is 32.1. The number of hydrogen-bond donors (Lipinski definition) is 1. The Labute approximate surface area is 112 Å². The Balaban J connectivity index is 2.20. The van der Waals surface area contributed by atoms with Crippen molar-refractivity contribution in [3.63, 3.8) is 0 Å². The largest absolute Gasteiger partial charge is 0.310 e. The fraction of sp³-hybridized carbons (Fsp3) is 0.538. The average molecular weight is 264 g/mol. The second-order valence-corrected chi connectivity index (χ2v) is 5.45. The van der Waals surface area contributed by atoms with Gasteiger partial charge >= 0.3 is 0 Å². The molecule has 0 bridgehead atoms. The summed E-state index contributed by atoms with van der Waals surface area (Å²) in [5.74, 6) is 0. The molecule has 0 saturated heterocycles. The first kappa shape index (κ1) is 13.2. The molecule has 0 fully saturated rings. The molecule has 1 unspecified atom stereocenters. The Morgan fingerprint density at radius 2 is 2.22 bits per heavy atom. The first-order chi connectivity index (χ1) is 8.61. The fourth-order valence-electron chi connectivity index (χ4n) is 2.07. The first-order valence-corrected chi connectivity index (χ1v) is 7.12. The van der Waals surface area contributed by atoms with E-state index in [1.165, 1.54) is 16.3 Å². The van der Waals surface area contributed by atoms with E-state index in [9.17, 15) is 0 Å². The quantitative estimate of drug-likeness (QED) is 0.901. The van der Waals surface area contributed by atoms with Crippen LogP contribution in [0.2, 0.25) is 0 Å². The molecule has 2 aromatic heterocycles. The maximum absolute atomic E-state index is 4.55. The Morgan fingerprint density at radius 1 is 1.44 bits per heavy atom. The summed E-state index contributed by atoms with van der Waals surface area (Å²) < 4.78 is 1.92. The van der Waals surface area contributed by atoms with Gasteiger partial charge in [0.2, 0.25) is 0 Å². The molecule has 0 aliphatic carbocycles. The lowest BCUT2D eigenvalue weighted by molar-refractivity contribution is 0.544. The number of thiazole rings is 1. The summed E-state index contributed by atoms with van der Waals surface area (Å²) >= 11 is 1.73. The highest BCUT2D eigenvalue weighted by Gasteiger charge is 2.17. The van der Waals surface area contributed by atoms with E-state index in [1.807, 2.05) is 24.9 Å². The summed E-state index contributed by atoms with van der Waals surface area (Å²) in [6.07, 6.45) is 2.89. The van der Waals surface area contributed by atoms with E-state index in [0.29, 0.717) is 6.04 Å². The molecule has 0 aliphatic rings. The average Bonchev–Trinajstić information content (AvgIpc) is 2.87. The van der Waals surface area contributed by atoms with E-state index in [-0.39, 0.29) is 0 Å². The third-order valence-corrected chi connectivity index (χ3v) is 4.13. The summed E-state index contributed by atoms with van der Waals surface area (Å²) in [5, 5.41) is 11.1. The molecule has 2 heterocycles. The number of likely N-dealkylation sites (N-methyl/N-ethyl adjacent to an activating group) is 1. The number of hydrogen-bond acceptors (Lipinski definition) is 4. The number of aryl methyl sites for hydroxylation is 2. The molecule has 0 saturated carbocycles. The van der Waals surface area contributed by atoms with Crippen molar-refractivity contribution in [2.45, 2.75) is 33.2 Å². The minimum atomic E-state index is 0.300. The van der Waals surface area contributed by atoms with Crippen LogP contribution in [0.1, 0.15) is 34.9 Å². The molecule has 0 aromatic carbocycles. The zero-order valence-electron chi connectivity index (χ0n) is 11.4. The zero-order chi connectivity index (χ0) is 13.1. The van der Waals surface area contributed by atoms with Crippen LogP contribution in [0.4, 0.5) is 0 Å². The minimum absolute atomic E-state index is 0.300. The third-order valence-electron chi connectivity index (χ3n) is 3.14. The normalized spacial score (nSPS) is 12.9. The van der Waals surface area contributed by atoms with E-state index in [0.717, 1.165) is 18.7 Å².